The lowest BCUT2D eigenvalue weighted by atomic mass is 10.0. The summed E-state index contributed by atoms with van der Waals surface area (Å²) in [6, 6.07) is 1.10. The Hall–Kier alpha value is -8.70. The van der Waals surface area contributed by atoms with Crippen molar-refractivity contribution >= 4 is 82.0 Å². The summed E-state index contributed by atoms with van der Waals surface area (Å²) >= 11 is 0. The van der Waals surface area contributed by atoms with E-state index in [0.717, 1.165) is 18.7 Å². The molecule has 0 radical (unpaired) electrons. The summed E-state index contributed by atoms with van der Waals surface area (Å²) in [4.78, 5) is 159. The molecule has 77 heavy (non-hydrogen) atoms. The van der Waals surface area contributed by atoms with Crippen molar-refractivity contribution in [1.82, 2.24) is 52.4 Å². The van der Waals surface area contributed by atoms with Gasteiger partial charge < -0.3 is 88.8 Å². The molecule has 29 heteroatoms. The number of rotatable bonds is 29. The maximum Gasteiger partial charge on any atom is 0.322 e. The third-order valence-electron chi connectivity index (χ3n) is 12.0. The number of carbonyl (C=O) groups is 12. The molecule has 4 rings (SSSR count). The maximum absolute atomic E-state index is 14.0. The van der Waals surface area contributed by atoms with E-state index < -0.39 is 164 Å². The number of aliphatic carboxylic acids is 3. The molecule has 9 atom stereocenters. The molecule has 0 bridgehead atoms. The van der Waals surface area contributed by atoms with Gasteiger partial charge in [0.1, 0.15) is 54.6 Å². The number of phenolic OH excluding ortho intramolecular Hbond substituents is 1. The number of nitrogens with one attached hydrogen (secondary N) is 9. The number of hydrogen-bond acceptors (Lipinski definition) is 16. The van der Waals surface area contributed by atoms with E-state index in [4.69, 9.17) is 10.8 Å². The number of fused-ring (bicyclic) bond motifs is 1. The highest BCUT2D eigenvalue weighted by atomic mass is 16.4. The van der Waals surface area contributed by atoms with Crippen LogP contribution in [0.25, 0.3) is 10.9 Å². The normalized spacial score (nSPS) is 16.1. The molecule has 1 aliphatic rings. The van der Waals surface area contributed by atoms with Crippen LogP contribution in [0.3, 0.4) is 0 Å². The fourth-order valence-corrected chi connectivity index (χ4v) is 8.13. The first kappa shape index (κ1) is 60.9. The number of H-pyrrole nitrogens is 1. The Morgan fingerprint density at radius 2 is 1.26 bits per heavy atom. The van der Waals surface area contributed by atoms with Crippen molar-refractivity contribution in [3.05, 3.63) is 65.9 Å². The number of aliphatic hydroxyl groups is 2. The van der Waals surface area contributed by atoms with E-state index in [9.17, 15) is 83.1 Å². The molecule has 0 saturated carbocycles. The van der Waals surface area contributed by atoms with Crippen molar-refractivity contribution in [1.29, 1.82) is 0 Å². The Bertz CT molecular complexity index is 2660. The largest absolute Gasteiger partial charge is 0.508 e. The van der Waals surface area contributed by atoms with E-state index in [1.54, 1.807) is 30.5 Å². The Balaban J connectivity index is 1.43. The summed E-state index contributed by atoms with van der Waals surface area (Å²) in [5.74, 6) is -13.8. The van der Waals surface area contributed by atoms with E-state index in [1.165, 1.54) is 24.3 Å². The number of carboxylic acid groups (broad SMARTS) is 3. The van der Waals surface area contributed by atoms with E-state index in [-0.39, 0.29) is 38.0 Å². The highest BCUT2D eigenvalue weighted by Crippen LogP contribution is 2.22. The van der Waals surface area contributed by atoms with Crippen molar-refractivity contribution < 1.29 is 88.2 Å². The number of carbonyl (C=O) groups excluding carboxylic acids is 9. The minimum atomic E-state index is -1.89. The van der Waals surface area contributed by atoms with Gasteiger partial charge in [0, 0.05) is 42.9 Å². The highest BCUT2D eigenvalue weighted by molar-refractivity contribution is 5.99. The monoisotopic (exact) mass is 1080 g/mol. The molecular formula is C48H63N11O18. The smallest absolute Gasteiger partial charge is 0.322 e. The van der Waals surface area contributed by atoms with Crippen molar-refractivity contribution in [3.8, 4) is 5.75 Å². The van der Waals surface area contributed by atoms with Crippen LogP contribution in [-0.4, -0.2) is 192 Å². The molecule has 17 N–H and O–H groups in total. The third-order valence-corrected chi connectivity index (χ3v) is 12.0. The van der Waals surface area contributed by atoms with Gasteiger partial charge in [-0.25, -0.2) is 0 Å². The molecule has 2 aromatic carbocycles. The summed E-state index contributed by atoms with van der Waals surface area (Å²) in [6.45, 7) is -0.214. The highest BCUT2D eigenvalue weighted by Gasteiger charge is 2.41. The summed E-state index contributed by atoms with van der Waals surface area (Å²) in [5.41, 5.74) is 7.13. The summed E-state index contributed by atoms with van der Waals surface area (Å²) in [5, 5.41) is 78.0. The van der Waals surface area contributed by atoms with E-state index in [1.807, 2.05) is 0 Å². The molecule has 1 saturated heterocycles. The number of aliphatic hydroxyl groups excluding tert-OH is 2. The zero-order valence-electron chi connectivity index (χ0n) is 41.8. The van der Waals surface area contributed by atoms with Crippen molar-refractivity contribution in [3.63, 3.8) is 0 Å². The first-order valence-corrected chi connectivity index (χ1v) is 24.1. The van der Waals surface area contributed by atoms with Crippen LogP contribution in [0.5, 0.6) is 5.75 Å². The first-order chi connectivity index (χ1) is 36.4. The van der Waals surface area contributed by atoms with Gasteiger partial charge in [0.05, 0.1) is 31.7 Å². The van der Waals surface area contributed by atoms with Crippen LogP contribution in [0.1, 0.15) is 57.1 Å². The number of aromatic amines is 1. The molecule has 0 aliphatic carbocycles. The van der Waals surface area contributed by atoms with Crippen LogP contribution in [0.2, 0.25) is 0 Å². The minimum Gasteiger partial charge on any atom is -0.508 e. The fourth-order valence-electron chi connectivity index (χ4n) is 8.13. The third kappa shape index (κ3) is 18.6. The molecule has 1 aromatic heterocycles. The van der Waals surface area contributed by atoms with Gasteiger partial charge in [-0.3, -0.25) is 57.5 Å². The summed E-state index contributed by atoms with van der Waals surface area (Å²) < 4.78 is 0. The quantitative estimate of drug-likeness (QED) is 0.0309. The van der Waals surface area contributed by atoms with Gasteiger partial charge in [0.15, 0.2) is 0 Å². The standard InChI is InChI=1S/C48H63N11O18/c1-23(60)40(46(75)51-21-36(64)57-41(24(2)61)47(76)55-32(42(71)52-22-39(69)70)17-26-20-50-29-7-4-3-6-28(26)29)58-43(72)30(13-14-37(65)66)54-45(74)34-8-5-15-59(34)48(77)33(18-38(67)68)56-44(73)31(53-35(63)19-49)16-25-9-11-27(62)12-10-25/h3-4,6-7,9-12,20,23-24,30-34,40-41,50,60-62H,5,8,13-19,21-22,49H2,1-2H3,(H,51,75)(H,52,71)(H,53,63)(H,54,74)(H,55,76)(H,56,73)(H,57,64)(H,58,72)(H,65,66)(H,67,68)(H,69,70). The van der Waals surface area contributed by atoms with Gasteiger partial charge in [0.25, 0.3) is 0 Å². The fraction of sp³-hybridized carbons (Fsp3) is 0.458. The molecule has 9 amide bonds. The topological polar surface area (TPSA) is 468 Å². The van der Waals surface area contributed by atoms with Crippen molar-refractivity contribution in [2.75, 3.05) is 26.2 Å². The number of likely N-dealkylation sites (tertiary alicyclic amines) is 1. The predicted molar refractivity (Wildman–Crippen MR) is 265 cm³/mol. The van der Waals surface area contributed by atoms with Gasteiger partial charge >= 0.3 is 17.9 Å². The average molecular weight is 1080 g/mol. The zero-order valence-corrected chi connectivity index (χ0v) is 41.8. The molecule has 29 nitrogen and oxygen atoms in total. The van der Waals surface area contributed by atoms with Crippen LogP contribution >= 0.6 is 0 Å². The number of aromatic hydroxyl groups is 1. The van der Waals surface area contributed by atoms with Crippen LogP contribution < -0.4 is 48.3 Å². The van der Waals surface area contributed by atoms with Crippen LogP contribution in [-0.2, 0) is 70.4 Å². The van der Waals surface area contributed by atoms with Crippen molar-refractivity contribution in [2.24, 2.45) is 5.73 Å². The second kappa shape index (κ2) is 28.8. The number of para-hydroxylation sites is 1. The number of nitrogens with zero attached hydrogens (tertiary/aromatic N) is 1. The number of hydrogen-bond donors (Lipinski definition) is 16. The maximum atomic E-state index is 14.0. The van der Waals surface area contributed by atoms with Gasteiger partial charge in [-0.05, 0) is 62.4 Å². The van der Waals surface area contributed by atoms with Gasteiger partial charge in [-0.1, -0.05) is 30.3 Å². The number of phenols is 1. The second-order valence-corrected chi connectivity index (χ2v) is 18.0. The SMILES string of the molecule is CC(O)C(NC(=O)CNC(=O)C(NC(=O)C(CCC(=O)O)NC(=O)C1CCCN1C(=O)C(CC(=O)O)NC(=O)C(Cc1ccc(O)cc1)NC(=O)CN)C(C)O)C(=O)NC(Cc1c[nH]c2ccccc12)C(=O)NCC(=O)O. The van der Waals surface area contributed by atoms with Crippen LogP contribution in [0.4, 0.5) is 0 Å². The van der Waals surface area contributed by atoms with E-state index in [0.29, 0.717) is 22.0 Å². The summed E-state index contributed by atoms with van der Waals surface area (Å²) in [6.07, 6.45) is -4.31. The lowest BCUT2D eigenvalue weighted by Gasteiger charge is -2.30. The number of carboxylic acids is 3. The predicted octanol–water partition coefficient (Wildman–Crippen LogP) is -5.06. The molecule has 2 heterocycles. The Kier molecular flexibility index (Phi) is 22.8. The second-order valence-electron chi connectivity index (χ2n) is 18.0. The Morgan fingerprint density at radius 1 is 0.649 bits per heavy atom. The number of benzene rings is 2. The van der Waals surface area contributed by atoms with Crippen LogP contribution in [0, 0.1) is 0 Å². The summed E-state index contributed by atoms with van der Waals surface area (Å²) in [7, 11) is 0. The first-order valence-electron chi connectivity index (χ1n) is 24.1. The molecule has 3 aromatic rings. The lowest BCUT2D eigenvalue weighted by molar-refractivity contribution is -0.146. The van der Waals surface area contributed by atoms with E-state index in [2.05, 4.69) is 47.5 Å². The molecule has 9 unspecified atom stereocenters. The molecule has 1 fully saturated rings. The minimum absolute atomic E-state index is 0.0549. The van der Waals surface area contributed by atoms with Crippen LogP contribution in [0.15, 0.2) is 54.7 Å². The number of amides is 9. The molecule has 1 aliphatic heterocycles. The van der Waals surface area contributed by atoms with E-state index >= 15 is 0 Å². The van der Waals surface area contributed by atoms with Gasteiger partial charge in [-0.15, -0.1) is 0 Å². The van der Waals surface area contributed by atoms with Gasteiger partial charge in [-0.2, -0.15) is 0 Å². The Labute approximate surface area is 438 Å². The van der Waals surface area contributed by atoms with Gasteiger partial charge in [0.2, 0.25) is 53.2 Å². The molecule has 0 spiro atoms. The molecular weight excluding hydrogens is 1020 g/mol. The van der Waals surface area contributed by atoms with Crippen molar-refractivity contribution in [2.45, 2.75) is 113 Å². The zero-order chi connectivity index (χ0) is 57.1. The number of nitrogens with two attached hydrogens (primary N) is 1. The Morgan fingerprint density at radius 3 is 1.88 bits per heavy atom. The average Bonchev–Trinajstić information content (AvgIpc) is 4.04. The lowest BCUT2D eigenvalue weighted by Crippen LogP contribution is -2.61. The number of aromatic nitrogens is 1. The molecule has 418 valence electrons.